The molecule has 0 fully saturated rings. The molecule has 1 N–H and O–H groups in total. The van der Waals surface area contributed by atoms with Gasteiger partial charge in [0.05, 0.1) is 16.6 Å². The van der Waals surface area contributed by atoms with Crippen LogP contribution >= 0.6 is 31.9 Å². The van der Waals surface area contributed by atoms with Crippen LogP contribution in [0, 0.1) is 11.3 Å². The lowest BCUT2D eigenvalue weighted by molar-refractivity contribution is -0.137. The van der Waals surface area contributed by atoms with Crippen molar-refractivity contribution in [3.8, 4) is 11.8 Å². The van der Waals surface area contributed by atoms with Gasteiger partial charge in [0, 0.05) is 15.7 Å². The van der Waals surface area contributed by atoms with E-state index >= 15 is 0 Å². The summed E-state index contributed by atoms with van der Waals surface area (Å²) in [6, 6.07) is 9.40. The second-order valence-electron chi connectivity index (χ2n) is 5.86. The first-order valence-corrected chi connectivity index (χ1v) is 9.96. The molecule has 4 nitrogen and oxygen atoms in total. The van der Waals surface area contributed by atoms with E-state index in [1.807, 2.05) is 6.92 Å². The van der Waals surface area contributed by atoms with Crippen molar-refractivity contribution >= 4 is 49.5 Å². The van der Waals surface area contributed by atoms with Crippen LogP contribution in [0.3, 0.4) is 0 Å². The molecule has 0 heterocycles. The summed E-state index contributed by atoms with van der Waals surface area (Å²) >= 11 is 6.72. The number of nitrogens with one attached hydrogen (secondary N) is 1. The number of nitrogens with zero attached hydrogens (tertiary/aromatic N) is 1. The van der Waals surface area contributed by atoms with Crippen LogP contribution in [0.15, 0.2) is 50.9 Å². The van der Waals surface area contributed by atoms with Crippen molar-refractivity contribution in [1.29, 1.82) is 5.26 Å². The van der Waals surface area contributed by atoms with Gasteiger partial charge in [-0.3, -0.25) is 4.79 Å². The SMILES string of the molecule is CCCOc1c(Br)cc(Br)cc1/C=C(\C#N)C(=O)Nc1cccc(C(F)(F)F)c1. The molecule has 2 aromatic carbocycles. The van der Waals surface area contributed by atoms with Crippen molar-refractivity contribution in [3.63, 3.8) is 0 Å². The highest BCUT2D eigenvalue weighted by atomic mass is 79.9. The Morgan fingerprint density at radius 3 is 2.62 bits per heavy atom. The molecule has 0 radical (unpaired) electrons. The molecule has 152 valence electrons. The fourth-order valence-corrected chi connectivity index (χ4v) is 3.69. The average molecular weight is 532 g/mol. The van der Waals surface area contributed by atoms with E-state index in [0.717, 1.165) is 18.6 Å². The van der Waals surface area contributed by atoms with Crippen LogP contribution < -0.4 is 10.1 Å². The quantitative estimate of drug-likeness (QED) is 0.339. The highest BCUT2D eigenvalue weighted by molar-refractivity contribution is 9.11. The molecule has 0 aromatic heterocycles. The van der Waals surface area contributed by atoms with Crippen molar-refractivity contribution in [1.82, 2.24) is 0 Å². The maximum atomic E-state index is 12.8. The molecule has 0 aliphatic carbocycles. The van der Waals surface area contributed by atoms with Crippen molar-refractivity contribution in [2.24, 2.45) is 0 Å². The zero-order chi connectivity index (χ0) is 21.6. The van der Waals surface area contributed by atoms with Gasteiger partial charge in [0.1, 0.15) is 17.4 Å². The molecule has 0 saturated heterocycles. The Labute approximate surface area is 182 Å². The molecule has 0 aliphatic rings. The summed E-state index contributed by atoms with van der Waals surface area (Å²) in [6.07, 6.45) is -2.46. The van der Waals surface area contributed by atoms with Gasteiger partial charge in [0.15, 0.2) is 0 Å². The van der Waals surface area contributed by atoms with E-state index in [1.165, 1.54) is 18.2 Å². The summed E-state index contributed by atoms with van der Waals surface area (Å²) in [5, 5.41) is 11.7. The van der Waals surface area contributed by atoms with Gasteiger partial charge in [-0.05, 0) is 58.8 Å². The standard InChI is InChI=1S/C20H15Br2F3N2O2/c1-2-6-29-18-12(8-15(21)10-17(18)22)7-13(11-26)19(28)27-16-5-3-4-14(9-16)20(23,24)25/h3-5,7-10H,2,6H2,1H3,(H,27,28)/b13-7+. The fourth-order valence-electron chi connectivity index (χ4n) is 2.32. The van der Waals surface area contributed by atoms with Crippen molar-refractivity contribution in [3.05, 3.63) is 62.0 Å². The smallest absolute Gasteiger partial charge is 0.416 e. The van der Waals surface area contributed by atoms with Crippen LogP contribution in [0.1, 0.15) is 24.5 Å². The Balaban J connectivity index is 2.35. The van der Waals surface area contributed by atoms with Crippen molar-refractivity contribution < 1.29 is 22.7 Å². The zero-order valence-corrected chi connectivity index (χ0v) is 18.3. The number of carbonyl (C=O) groups is 1. The first-order valence-electron chi connectivity index (χ1n) is 8.38. The predicted molar refractivity (Wildman–Crippen MR) is 111 cm³/mol. The number of ether oxygens (including phenoxy) is 1. The van der Waals surface area contributed by atoms with Crippen LogP contribution in [-0.2, 0) is 11.0 Å². The van der Waals surface area contributed by atoms with Gasteiger partial charge in [0.25, 0.3) is 5.91 Å². The van der Waals surface area contributed by atoms with Gasteiger partial charge in [-0.2, -0.15) is 18.4 Å². The number of anilines is 1. The molecule has 0 saturated carbocycles. The summed E-state index contributed by atoms with van der Waals surface area (Å²) in [4.78, 5) is 12.5. The molecule has 0 unspecified atom stereocenters. The van der Waals surface area contributed by atoms with Gasteiger partial charge >= 0.3 is 6.18 Å². The third-order valence-electron chi connectivity index (χ3n) is 3.60. The van der Waals surface area contributed by atoms with E-state index in [1.54, 1.807) is 18.2 Å². The second kappa shape index (κ2) is 9.94. The Hall–Kier alpha value is -2.31. The van der Waals surface area contributed by atoms with Gasteiger partial charge < -0.3 is 10.1 Å². The molecule has 0 spiro atoms. The lowest BCUT2D eigenvalue weighted by Gasteiger charge is -2.12. The third kappa shape index (κ3) is 6.34. The predicted octanol–water partition coefficient (Wildman–Crippen LogP) is 6.56. The largest absolute Gasteiger partial charge is 0.492 e. The Morgan fingerprint density at radius 1 is 1.28 bits per heavy atom. The van der Waals surface area contributed by atoms with Gasteiger partial charge in [-0.15, -0.1) is 0 Å². The van der Waals surface area contributed by atoms with Gasteiger partial charge in [0.2, 0.25) is 0 Å². The lowest BCUT2D eigenvalue weighted by atomic mass is 10.1. The number of hydrogen-bond acceptors (Lipinski definition) is 3. The number of halogens is 5. The van der Waals surface area contributed by atoms with Gasteiger partial charge in [-0.1, -0.05) is 28.9 Å². The molecule has 9 heteroatoms. The molecule has 2 aromatic rings. The lowest BCUT2D eigenvalue weighted by Crippen LogP contribution is -2.14. The fraction of sp³-hybridized carbons (Fsp3) is 0.200. The van der Waals surface area contributed by atoms with Gasteiger partial charge in [-0.25, -0.2) is 0 Å². The first-order chi connectivity index (χ1) is 13.7. The average Bonchev–Trinajstić information content (AvgIpc) is 2.64. The van der Waals surface area contributed by atoms with E-state index in [-0.39, 0.29) is 11.3 Å². The highest BCUT2D eigenvalue weighted by Gasteiger charge is 2.30. The summed E-state index contributed by atoms with van der Waals surface area (Å²) in [6.45, 7) is 2.37. The number of benzene rings is 2. The maximum Gasteiger partial charge on any atom is 0.416 e. The summed E-state index contributed by atoms with van der Waals surface area (Å²) in [5.41, 5.74) is -0.781. The molecule has 0 atom stereocenters. The van der Waals surface area contributed by atoms with Crippen molar-refractivity contribution in [2.75, 3.05) is 11.9 Å². The second-order valence-corrected chi connectivity index (χ2v) is 7.63. The summed E-state index contributed by atoms with van der Waals surface area (Å²) < 4.78 is 45.5. The molecular formula is C20H15Br2F3N2O2. The molecule has 1 amide bonds. The van der Waals surface area contributed by atoms with E-state index < -0.39 is 17.6 Å². The van der Waals surface area contributed by atoms with Crippen LogP contribution in [0.2, 0.25) is 0 Å². The third-order valence-corrected chi connectivity index (χ3v) is 4.65. The topological polar surface area (TPSA) is 62.1 Å². The van der Waals surface area contributed by atoms with E-state index in [4.69, 9.17) is 4.74 Å². The molecule has 0 bridgehead atoms. The zero-order valence-electron chi connectivity index (χ0n) is 15.1. The molecule has 0 aliphatic heterocycles. The van der Waals surface area contributed by atoms with Crippen LogP contribution in [0.5, 0.6) is 5.75 Å². The molecule has 2 rings (SSSR count). The molecule has 29 heavy (non-hydrogen) atoms. The monoisotopic (exact) mass is 530 g/mol. The minimum atomic E-state index is -4.54. The van der Waals surface area contributed by atoms with Crippen molar-refractivity contribution in [2.45, 2.75) is 19.5 Å². The number of nitriles is 1. The number of carbonyl (C=O) groups excluding carboxylic acids is 1. The van der Waals surface area contributed by atoms with E-state index in [0.29, 0.717) is 26.9 Å². The summed E-state index contributed by atoms with van der Waals surface area (Å²) in [5.74, 6) is -0.376. The Kier molecular flexibility index (Phi) is 7.88. The number of amides is 1. The molecular weight excluding hydrogens is 517 g/mol. The van der Waals surface area contributed by atoms with E-state index in [9.17, 15) is 23.2 Å². The number of alkyl halides is 3. The van der Waals surface area contributed by atoms with Crippen LogP contribution in [0.25, 0.3) is 6.08 Å². The van der Waals surface area contributed by atoms with E-state index in [2.05, 4.69) is 37.2 Å². The highest BCUT2D eigenvalue weighted by Crippen LogP contribution is 2.35. The van der Waals surface area contributed by atoms with Crippen LogP contribution in [0.4, 0.5) is 18.9 Å². The first kappa shape index (κ1) is 23.0. The normalized spacial score (nSPS) is 11.7. The summed E-state index contributed by atoms with van der Waals surface area (Å²) in [7, 11) is 0. The Bertz CT molecular complexity index is 983. The minimum Gasteiger partial charge on any atom is -0.492 e. The van der Waals surface area contributed by atoms with Crippen LogP contribution in [-0.4, -0.2) is 12.5 Å². The number of rotatable bonds is 6. The Morgan fingerprint density at radius 2 is 2.00 bits per heavy atom. The maximum absolute atomic E-state index is 12.8. The number of hydrogen-bond donors (Lipinski definition) is 1. The minimum absolute atomic E-state index is 0.0659.